The van der Waals surface area contributed by atoms with Gasteiger partial charge >= 0.3 is 0 Å². The summed E-state index contributed by atoms with van der Waals surface area (Å²) in [5.74, 6) is 0. The van der Waals surface area contributed by atoms with Crippen LogP contribution in [0.2, 0.25) is 0 Å². The Morgan fingerprint density at radius 3 is 1.32 bits per heavy atom. The first-order chi connectivity index (χ1) is 11.5. The summed E-state index contributed by atoms with van der Waals surface area (Å²) in [6, 6.07) is 12.9. The van der Waals surface area contributed by atoms with E-state index < -0.39 is 0 Å². The Morgan fingerprint density at radius 2 is 1.00 bits per heavy atom. The van der Waals surface area contributed by atoms with Gasteiger partial charge in [-0.15, -0.1) is 0 Å². The van der Waals surface area contributed by atoms with Crippen LogP contribution in [0.1, 0.15) is 22.3 Å². The predicted octanol–water partition coefficient (Wildman–Crippen LogP) is 4.37. The van der Waals surface area contributed by atoms with Crippen LogP contribution < -0.4 is 10.6 Å². The zero-order chi connectivity index (χ0) is 17.5. The maximum Gasteiger partial charge on any atom is 0.0400 e. The third-order valence-electron chi connectivity index (χ3n) is 4.55. The van der Waals surface area contributed by atoms with E-state index in [0.29, 0.717) is 0 Å². The molecular weight excluding hydrogens is 358 g/mol. The molecule has 0 saturated carbocycles. The Labute approximate surface area is 163 Å². The van der Waals surface area contributed by atoms with Crippen molar-refractivity contribution in [3.05, 3.63) is 58.7 Å². The molecule has 0 spiro atoms. The van der Waals surface area contributed by atoms with Crippen LogP contribution in [0.4, 0.5) is 11.4 Å². The molecule has 0 atom stereocenters. The topological polar surface area (TPSA) is 27.3 Å². The maximum atomic E-state index is 3.58. The zero-order valence-electron chi connectivity index (χ0n) is 16.0. The van der Waals surface area contributed by atoms with Gasteiger partial charge in [0.05, 0.1) is 0 Å². The van der Waals surface area contributed by atoms with E-state index in [9.17, 15) is 0 Å². The Kier molecular flexibility index (Phi) is 9.05. The molecule has 0 fully saturated rings. The molecule has 141 valence electrons. The molecule has 4 heteroatoms. The van der Waals surface area contributed by atoms with Crippen molar-refractivity contribution in [1.82, 2.24) is 4.90 Å². The molecule has 0 saturated heterocycles. The second kappa shape index (κ2) is 10.5. The number of aryl methyl sites for hydroxylation is 4. The summed E-state index contributed by atoms with van der Waals surface area (Å²) < 4.78 is 0. The fourth-order valence-electron chi connectivity index (χ4n) is 3.04. The van der Waals surface area contributed by atoms with Gasteiger partial charge in [0, 0.05) is 54.6 Å². The molecule has 0 aliphatic rings. The summed E-state index contributed by atoms with van der Waals surface area (Å²) in [7, 11) is 2.18. The normalized spacial score (nSPS) is 10.5. The van der Waals surface area contributed by atoms with E-state index in [1.165, 1.54) is 33.6 Å². The van der Waals surface area contributed by atoms with Crippen molar-refractivity contribution in [1.29, 1.82) is 0 Å². The first-order valence-electron chi connectivity index (χ1n) is 8.77. The Bertz CT molecular complexity index is 572. The SMILES string of the molecule is Cc1cccc(C)c1NCCN(C)CCNc1c(C)cccc1C.[Cu]. The fraction of sp³-hybridized carbons (Fsp3) is 0.429. The van der Waals surface area contributed by atoms with Crippen LogP contribution in [0, 0.1) is 27.7 Å². The van der Waals surface area contributed by atoms with Crippen LogP contribution in [-0.4, -0.2) is 38.1 Å². The van der Waals surface area contributed by atoms with E-state index in [1.54, 1.807) is 0 Å². The minimum atomic E-state index is 0. The maximum absolute atomic E-state index is 3.58. The van der Waals surface area contributed by atoms with Crippen LogP contribution in [0.5, 0.6) is 0 Å². The summed E-state index contributed by atoms with van der Waals surface area (Å²) in [6.45, 7) is 12.6. The quantitative estimate of drug-likeness (QED) is 0.657. The number of hydrogen-bond donors (Lipinski definition) is 2. The first kappa shape index (κ1) is 21.6. The zero-order valence-corrected chi connectivity index (χ0v) is 17.0. The Hall–Kier alpha value is -1.48. The van der Waals surface area contributed by atoms with Crippen molar-refractivity contribution in [2.24, 2.45) is 0 Å². The van der Waals surface area contributed by atoms with Crippen molar-refractivity contribution >= 4 is 11.4 Å². The Morgan fingerprint density at radius 1 is 0.680 bits per heavy atom. The number of para-hydroxylation sites is 2. The number of hydrogen-bond acceptors (Lipinski definition) is 3. The molecule has 2 aromatic rings. The van der Waals surface area contributed by atoms with Crippen molar-refractivity contribution in [2.75, 3.05) is 43.9 Å². The van der Waals surface area contributed by atoms with Crippen molar-refractivity contribution in [2.45, 2.75) is 27.7 Å². The number of nitrogens with zero attached hydrogens (tertiary/aromatic N) is 1. The van der Waals surface area contributed by atoms with E-state index in [-0.39, 0.29) is 17.1 Å². The van der Waals surface area contributed by atoms with Crippen LogP contribution in [-0.2, 0) is 17.1 Å². The number of likely N-dealkylation sites (N-methyl/N-ethyl adjacent to an activating group) is 1. The van der Waals surface area contributed by atoms with Crippen LogP contribution in [0.3, 0.4) is 0 Å². The van der Waals surface area contributed by atoms with Crippen molar-refractivity contribution < 1.29 is 17.1 Å². The minimum absolute atomic E-state index is 0. The number of rotatable bonds is 8. The van der Waals surface area contributed by atoms with Gasteiger partial charge in [0.25, 0.3) is 0 Å². The third-order valence-corrected chi connectivity index (χ3v) is 4.55. The van der Waals surface area contributed by atoms with Gasteiger partial charge < -0.3 is 15.5 Å². The second-order valence-electron chi connectivity index (χ2n) is 6.69. The van der Waals surface area contributed by atoms with E-state index in [1.807, 2.05) is 0 Å². The molecule has 2 N–H and O–H groups in total. The molecule has 0 aromatic heterocycles. The van der Waals surface area contributed by atoms with Crippen LogP contribution >= 0.6 is 0 Å². The smallest absolute Gasteiger partial charge is 0.0400 e. The summed E-state index contributed by atoms with van der Waals surface area (Å²) >= 11 is 0. The first-order valence-corrected chi connectivity index (χ1v) is 8.77. The minimum Gasteiger partial charge on any atom is -0.383 e. The van der Waals surface area contributed by atoms with E-state index in [0.717, 1.165) is 26.2 Å². The molecule has 25 heavy (non-hydrogen) atoms. The van der Waals surface area contributed by atoms with Gasteiger partial charge in [0.1, 0.15) is 0 Å². The second-order valence-corrected chi connectivity index (χ2v) is 6.69. The molecule has 3 nitrogen and oxygen atoms in total. The van der Waals surface area contributed by atoms with Crippen LogP contribution in [0.15, 0.2) is 36.4 Å². The average molecular weight is 389 g/mol. The molecular formula is C21H31CuN3. The molecule has 0 heterocycles. The van der Waals surface area contributed by atoms with Crippen LogP contribution in [0.25, 0.3) is 0 Å². The molecule has 2 aromatic carbocycles. The van der Waals surface area contributed by atoms with Gasteiger partial charge in [-0.3, -0.25) is 0 Å². The fourth-order valence-corrected chi connectivity index (χ4v) is 3.04. The Balaban J connectivity index is 0.00000312. The molecule has 0 unspecified atom stereocenters. The number of benzene rings is 2. The number of anilines is 2. The molecule has 0 amide bonds. The average Bonchev–Trinajstić information content (AvgIpc) is 2.53. The standard InChI is InChI=1S/C21H31N3.Cu/c1-16-8-6-9-17(2)20(16)22-12-14-24(5)15-13-23-21-18(3)10-7-11-19(21)4;/h6-11,22-23H,12-15H2,1-5H3;. The van der Waals surface area contributed by atoms with Crippen molar-refractivity contribution in [3.63, 3.8) is 0 Å². The summed E-state index contributed by atoms with van der Waals surface area (Å²) in [5.41, 5.74) is 7.81. The summed E-state index contributed by atoms with van der Waals surface area (Å²) in [6.07, 6.45) is 0. The summed E-state index contributed by atoms with van der Waals surface area (Å²) in [5, 5.41) is 7.15. The van der Waals surface area contributed by atoms with Gasteiger partial charge in [-0.25, -0.2) is 0 Å². The van der Waals surface area contributed by atoms with E-state index in [4.69, 9.17) is 0 Å². The van der Waals surface area contributed by atoms with Gasteiger partial charge in [0.15, 0.2) is 0 Å². The van der Waals surface area contributed by atoms with Gasteiger partial charge in [0.2, 0.25) is 0 Å². The molecule has 1 radical (unpaired) electrons. The largest absolute Gasteiger partial charge is 0.383 e. The predicted molar refractivity (Wildman–Crippen MR) is 106 cm³/mol. The van der Waals surface area contributed by atoms with Gasteiger partial charge in [-0.05, 0) is 57.0 Å². The van der Waals surface area contributed by atoms with Gasteiger partial charge in [-0.2, -0.15) is 0 Å². The van der Waals surface area contributed by atoms with E-state index >= 15 is 0 Å². The molecule has 0 aliphatic carbocycles. The molecule has 2 rings (SSSR count). The third kappa shape index (κ3) is 6.39. The monoisotopic (exact) mass is 388 g/mol. The van der Waals surface area contributed by atoms with Gasteiger partial charge in [-0.1, -0.05) is 36.4 Å². The summed E-state index contributed by atoms with van der Waals surface area (Å²) in [4.78, 5) is 2.36. The van der Waals surface area contributed by atoms with Crippen molar-refractivity contribution in [3.8, 4) is 0 Å². The van der Waals surface area contributed by atoms with E-state index in [2.05, 4.69) is 86.7 Å². The number of nitrogens with one attached hydrogen (secondary N) is 2. The molecule has 0 aliphatic heterocycles. The molecule has 0 bridgehead atoms.